The summed E-state index contributed by atoms with van der Waals surface area (Å²) in [4.78, 5) is 6.61. The van der Waals surface area contributed by atoms with Gasteiger partial charge in [0.2, 0.25) is 0 Å². The number of para-hydroxylation sites is 3. The van der Waals surface area contributed by atoms with Gasteiger partial charge in [0, 0.05) is 23.3 Å². The van der Waals surface area contributed by atoms with E-state index >= 15 is 0 Å². The van der Waals surface area contributed by atoms with Crippen LogP contribution in [0.3, 0.4) is 0 Å². The summed E-state index contributed by atoms with van der Waals surface area (Å²) in [6.07, 6.45) is 1.79. The first kappa shape index (κ1) is 19.3. The molecule has 2 aromatic carbocycles. The van der Waals surface area contributed by atoms with Gasteiger partial charge in [0.1, 0.15) is 11.8 Å². The number of phenolic OH excluding ortho intramolecular Hbond substituents is 1. The highest BCUT2D eigenvalue weighted by molar-refractivity contribution is 7.80. The average molecular weight is 427 g/mol. The van der Waals surface area contributed by atoms with Crippen molar-refractivity contribution in [3.8, 4) is 11.4 Å². The van der Waals surface area contributed by atoms with Gasteiger partial charge in [-0.05, 0) is 67.7 Å². The van der Waals surface area contributed by atoms with E-state index in [2.05, 4.69) is 46.1 Å². The molecule has 0 aliphatic carbocycles. The fraction of sp³-hybridized carbons (Fsp3) is 0.120. The SMILES string of the molecule is Cc1ccc([C@@H]2[C@H](c3ccccn3)NC(=S)N2c2ccccc2O)n1-c1ccccc1. The molecule has 1 saturated heterocycles. The summed E-state index contributed by atoms with van der Waals surface area (Å²) >= 11 is 5.77. The third-order valence-electron chi connectivity index (χ3n) is 5.66. The van der Waals surface area contributed by atoms with E-state index in [0.717, 1.165) is 22.8 Å². The second-order valence-corrected chi connectivity index (χ2v) is 7.94. The van der Waals surface area contributed by atoms with E-state index in [1.54, 1.807) is 12.3 Å². The van der Waals surface area contributed by atoms with E-state index in [1.807, 2.05) is 59.5 Å². The number of nitrogens with zero attached hydrogens (tertiary/aromatic N) is 3. The molecule has 2 N–H and O–H groups in total. The fourth-order valence-corrected chi connectivity index (χ4v) is 4.64. The molecule has 0 saturated carbocycles. The lowest BCUT2D eigenvalue weighted by Gasteiger charge is -2.29. The average Bonchev–Trinajstić information content (AvgIpc) is 3.35. The Bertz CT molecular complexity index is 1220. The monoisotopic (exact) mass is 426 g/mol. The number of phenols is 1. The predicted octanol–water partition coefficient (Wildman–Crippen LogP) is 5.06. The normalized spacial score (nSPS) is 18.2. The quantitative estimate of drug-likeness (QED) is 0.447. The van der Waals surface area contributed by atoms with E-state index in [0.29, 0.717) is 10.8 Å². The van der Waals surface area contributed by atoms with Crippen LogP contribution in [0.4, 0.5) is 5.69 Å². The van der Waals surface area contributed by atoms with Crippen LogP contribution in [0.15, 0.2) is 91.1 Å². The Morgan fingerprint density at radius 1 is 0.903 bits per heavy atom. The topological polar surface area (TPSA) is 53.3 Å². The lowest BCUT2D eigenvalue weighted by molar-refractivity contribution is 0.472. The van der Waals surface area contributed by atoms with Gasteiger partial charge in [0.15, 0.2) is 5.11 Å². The van der Waals surface area contributed by atoms with Crippen molar-refractivity contribution < 1.29 is 5.11 Å². The van der Waals surface area contributed by atoms with E-state index in [9.17, 15) is 5.11 Å². The molecular weight excluding hydrogens is 404 g/mol. The summed E-state index contributed by atoms with van der Waals surface area (Å²) in [6, 6.07) is 27.3. The van der Waals surface area contributed by atoms with Gasteiger partial charge in [-0.2, -0.15) is 0 Å². The molecule has 154 valence electrons. The van der Waals surface area contributed by atoms with Crippen molar-refractivity contribution in [2.24, 2.45) is 0 Å². The van der Waals surface area contributed by atoms with Crippen molar-refractivity contribution >= 4 is 23.0 Å². The number of aryl methyl sites for hydroxylation is 1. The highest BCUT2D eigenvalue weighted by atomic mass is 32.1. The minimum absolute atomic E-state index is 0.176. The number of aromatic nitrogens is 2. The van der Waals surface area contributed by atoms with Crippen LogP contribution in [0.5, 0.6) is 5.75 Å². The summed E-state index contributed by atoms with van der Waals surface area (Å²) < 4.78 is 2.24. The Balaban J connectivity index is 1.72. The van der Waals surface area contributed by atoms with Crippen LogP contribution in [-0.4, -0.2) is 19.8 Å². The molecule has 0 spiro atoms. The summed E-state index contributed by atoms with van der Waals surface area (Å²) in [5.74, 6) is 0.188. The molecule has 5 rings (SSSR count). The molecule has 5 nitrogen and oxygen atoms in total. The maximum atomic E-state index is 10.7. The highest BCUT2D eigenvalue weighted by Gasteiger charge is 2.43. The molecule has 0 radical (unpaired) electrons. The Kier molecular flexibility index (Phi) is 4.92. The van der Waals surface area contributed by atoms with Crippen LogP contribution >= 0.6 is 12.2 Å². The summed E-state index contributed by atoms with van der Waals surface area (Å²) in [5, 5.41) is 14.7. The number of pyridine rings is 1. The van der Waals surface area contributed by atoms with Crippen LogP contribution in [0.1, 0.15) is 29.2 Å². The Hall–Kier alpha value is -3.64. The number of anilines is 1. The van der Waals surface area contributed by atoms with Gasteiger partial charge in [0.25, 0.3) is 0 Å². The second-order valence-electron chi connectivity index (χ2n) is 7.56. The number of aromatic hydroxyl groups is 1. The second kappa shape index (κ2) is 7.89. The van der Waals surface area contributed by atoms with Gasteiger partial charge in [-0.25, -0.2) is 0 Å². The van der Waals surface area contributed by atoms with Crippen LogP contribution in [0, 0.1) is 6.92 Å². The van der Waals surface area contributed by atoms with Crippen molar-refractivity contribution in [1.82, 2.24) is 14.9 Å². The molecule has 4 aromatic rings. The fourth-order valence-electron chi connectivity index (χ4n) is 4.30. The van der Waals surface area contributed by atoms with Crippen LogP contribution in [0.2, 0.25) is 0 Å². The Morgan fingerprint density at radius 3 is 2.39 bits per heavy atom. The number of hydrogen-bond donors (Lipinski definition) is 2. The summed E-state index contributed by atoms with van der Waals surface area (Å²) in [5.41, 5.74) is 4.83. The number of nitrogens with one attached hydrogen (secondary N) is 1. The van der Waals surface area contributed by atoms with Crippen molar-refractivity contribution in [3.05, 3.63) is 108 Å². The van der Waals surface area contributed by atoms with Crippen molar-refractivity contribution in [2.45, 2.75) is 19.0 Å². The maximum Gasteiger partial charge on any atom is 0.174 e. The first-order valence-electron chi connectivity index (χ1n) is 10.2. The van der Waals surface area contributed by atoms with Crippen LogP contribution < -0.4 is 10.2 Å². The molecule has 2 aromatic heterocycles. The summed E-state index contributed by atoms with van der Waals surface area (Å²) in [6.45, 7) is 2.09. The minimum Gasteiger partial charge on any atom is -0.506 e. The standard InChI is InChI=1S/C25H22N4OS/c1-17-14-15-21(28(17)18-9-3-2-4-10-18)24-23(19-11-7-8-16-26-19)27-25(31)29(24)20-12-5-6-13-22(20)30/h2-16,23-24,30H,1H3,(H,27,31)/t23-,24+/m0/s1. The molecule has 31 heavy (non-hydrogen) atoms. The minimum atomic E-state index is -0.204. The zero-order valence-electron chi connectivity index (χ0n) is 17.0. The zero-order valence-corrected chi connectivity index (χ0v) is 17.8. The molecule has 3 heterocycles. The van der Waals surface area contributed by atoms with E-state index < -0.39 is 0 Å². The van der Waals surface area contributed by atoms with E-state index in [-0.39, 0.29) is 17.8 Å². The Morgan fingerprint density at radius 2 is 1.65 bits per heavy atom. The van der Waals surface area contributed by atoms with Gasteiger partial charge in [-0.1, -0.05) is 36.4 Å². The first-order valence-corrected chi connectivity index (χ1v) is 10.6. The molecule has 0 amide bonds. The number of thiocarbonyl (C=S) groups is 1. The molecular formula is C25H22N4OS. The van der Waals surface area contributed by atoms with Gasteiger partial charge >= 0.3 is 0 Å². The van der Waals surface area contributed by atoms with E-state index in [1.165, 1.54) is 0 Å². The van der Waals surface area contributed by atoms with Crippen LogP contribution in [-0.2, 0) is 0 Å². The predicted molar refractivity (Wildman–Crippen MR) is 127 cm³/mol. The highest BCUT2D eigenvalue weighted by Crippen LogP contribution is 2.44. The zero-order chi connectivity index (χ0) is 21.4. The lowest BCUT2D eigenvalue weighted by Crippen LogP contribution is -2.30. The lowest BCUT2D eigenvalue weighted by atomic mass is 10.0. The van der Waals surface area contributed by atoms with Gasteiger partial charge in [0.05, 0.1) is 17.4 Å². The van der Waals surface area contributed by atoms with E-state index in [4.69, 9.17) is 12.2 Å². The maximum absolute atomic E-state index is 10.7. The first-order chi connectivity index (χ1) is 15.1. The molecule has 1 fully saturated rings. The molecule has 2 atom stereocenters. The third-order valence-corrected chi connectivity index (χ3v) is 5.98. The Labute approximate surface area is 186 Å². The largest absolute Gasteiger partial charge is 0.506 e. The molecule has 0 bridgehead atoms. The van der Waals surface area contributed by atoms with Crippen molar-refractivity contribution in [1.29, 1.82) is 0 Å². The van der Waals surface area contributed by atoms with Crippen LogP contribution in [0.25, 0.3) is 5.69 Å². The molecule has 6 heteroatoms. The molecule has 1 aliphatic heterocycles. The number of benzene rings is 2. The van der Waals surface area contributed by atoms with Crippen molar-refractivity contribution in [3.63, 3.8) is 0 Å². The molecule has 0 unspecified atom stereocenters. The van der Waals surface area contributed by atoms with Gasteiger partial charge in [-0.3, -0.25) is 4.98 Å². The smallest absolute Gasteiger partial charge is 0.174 e. The molecule has 1 aliphatic rings. The number of rotatable bonds is 4. The summed E-state index contributed by atoms with van der Waals surface area (Å²) in [7, 11) is 0. The number of hydrogen-bond acceptors (Lipinski definition) is 3. The third kappa shape index (κ3) is 3.35. The van der Waals surface area contributed by atoms with Gasteiger partial charge < -0.3 is 19.9 Å². The van der Waals surface area contributed by atoms with Gasteiger partial charge in [-0.15, -0.1) is 0 Å². The van der Waals surface area contributed by atoms with Crippen molar-refractivity contribution in [2.75, 3.05) is 4.90 Å².